The monoisotopic (exact) mass is 263 g/mol. The minimum atomic E-state index is -4.35. The molecule has 0 spiro atoms. The fourth-order valence-corrected chi connectivity index (χ4v) is 1.92. The van der Waals surface area contributed by atoms with Crippen LogP contribution in [0.15, 0.2) is 18.2 Å². The Balaban J connectivity index is 2.02. The molecule has 1 fully saturated rings. The van der Waals surface area contributed by atoms with Gasteiger partial charge in [-0.2, -0.15) is 13.2 Å². The Bertz CT molecular complexity index is 399. The zero-order chi connectivity index (χ0) is 12.5. The maximum Gasteiger partial charge on any atom is 0.416 e. The van der Waals surface area contributed by atoms with E-state index in [9.17, 15) is 13.2 Å². The summed E-state index contributed by atoms with van der Waals surface area (Å²) in [6.07, 6.45) is -0.859. The van der Waals surface area contributed by atoms with Crippen molar-refractivity contribution in [1.29, 1.82) is 0 Å². The Labute approximate surface area is 103 Å². The topological polar surface area (TPSA) is 12.0 Å². The van der Waals surface area contributed by atoms with Crippen molar-refractivity contribution in [3.63, 3.8) is 0 Å². The molecule has 0 aromatic heterocycles. The molecule has 1 aliphatic rings. The molecule has 1 aromatic carbocycles. The third-order valence-corrected chi connectivity index (χ3v) is 3.02. The van der Waals surface area contributed by atoms with Crippen LogP contribution >= 0.6 is 11.6 Å². The summed E-state index contributed by atoms with van der Waals surface area (Å²) in [6, 6.07) is 3.55. The summed E-state index contributed by atoms with van der Waals surface area (Å²) >= 11 is 5.67. The van der Waals surface area contributed by atoms with Gasteiger partial charge in [-0.1, -0.05) is 24.4 Å². The van der Waals surface area contributed by atoms with E-state index in [4.69, 9.17) is 11.6 Å². The highest BCUT2D eigenvalue weighted by Crippen LogP contribution is 2.34. The molecule has 1 saturated carbocycles. The molecule has 0 unspecified atom stereocenters. The number of rotatable bonds is 4. The third kappa shape index (κ3) is 3.80. The zero-order valence-corrected chi connectivity index (χ0v) is 9.91. The lowest BCUT2D eigenvalue weighted by Gasteiger charge is -2.11. The van der Waals surface area contributed by atoms with Crippen molar-refractivity contribution < 1.29 is 13.2 Å². The minimum Gasteiger partial charge on any atom is -0.385 e. The molecule has 0 saturated heterocycles. The van der Waals surface area contributed by atoms with Gasteiger partial charge in [0.15, 0.2) is 0 Å². The molecule has 2 rings (SSSR count). The second-order valence-corrected chi connectivity index (χ2v) is 4.82. The second kappa shape index (κ2) is 4.77. The fourth-order valence-electron chi connectivity index (χ4n) is 1.68. The molecule has 94 valence electrons. The van der Waals surface area contributed by atoms with Gasteiger partial charge >= 0.3 is 6.18 Å². The van der Waals surface area contributed by atoms with Crippen LogP contribution in [0.3, 0.4) is 0 Å². The van der Waals surface area contributed by atoms with Crippen molar-refractivity contribution in [1.82, 2.24) is 0 Å². The predicted octanol–water partition coefficient (Wildman–Crippen LogP) is 4.57. The van der Waals surface area contributed by atoms with Gasteiger partial charge in [-0.25, -0.2) is 0 Å². The summed E-state index contributed by atoms with van der Waals surface area (Å²) < 4.78 is 37.6. The zero-order valence-electron chi connectivity index (χ0n) is 9.15. The van der Waals surface area contributed by atoms with E-state index in [2.05, 4.69) is 5.32 Å². The van der Waals surface area contributed by atoms with Crippen LogP contribution in [0.25, 0.3) is 0 Å². The minimum absolute atomic E-state index is 0.105. The summed E-state index contributed by atoms with van der Waals surface area (Å²) in [6.45, 7) is 0.697. The van der Waals surface area contributed by atoms with Gasteiger partial charge in [0, 0.05) is 17.3 Å². The highest BCUT2D eigenvalue weighted by atomic mass is 35.5. The first-order valence-corrected chi connectivity index (χ1v) is 5.94. The Morgan fingerprint density at radius 2 is 1.94 bits per heavy atom. The molecular formula is C12H13ClF3N. The lowest BCUT2D eigenvalue weighted by atomic mass is 10.2. The standard InChI is InChI=1S/C12H13ClF3N/c13-10-5-9(12(14,15)16)6-11(7-10)17-4-3-8-1-2-8/h5-8,17H,1-4H2. The van der Waals surface area contributed by atoms with E-state index in [0.717, 1.165) is 24.5 Å². The van der Waals surface area contributed by atoms with Crippen molar-refractivity contribution in [3.05, 3.63) is 28.8 Å². The normalized spacial score (nSPS) is 16.0. The second-order valence-electron chi connectivity index (χ2n) is 4.39. The number of alkyl halides is 3. The molecule has 0 bridgehead atoms. The van der Waals surface area contributed by atoms with Crippen LogP contribution in [0, 0.1) is 5.92 Å². The van der Waals surface area contributed by atoms with Gasteiger partial charge in [0.05, 0.1) is 5.56 Å². The van der Waals surface area contributed by atoms with Gasteiger partial charge in [0.25, 0.3) is 0 Å². The summed E-state index contributed by atoms with van der Waals surface area (Å²) in [5.41, 5.74) is -0.274. The number of halogens is 4. The largest absolute Gasteiger partial charge is 0.416 e. The quantitative estimate of drug-likeness (QED) is 0.839. The van der Waals surface area contributed by atoms with Crippen molar-refractivity contribution in [2.45, 2.75) is 25.4 Å². The highest BCUT2D eigenvalue weighted by molar-refractivity contribution is 6.30. The number of nitrogens with one attached hydrogen (secondary N) is 1. The van der Waals surface area contributed by atoms with Crippen LogP contribution < -0.4 is 5.32 Å². The van der Waals surface area contributed by atoms with E-state index in [1.165, 1.54) is 18.9 Å². The first-order chi connectivity index (χ1) is 7.95. The molecule has 0 atom stereocenters. The molecular weight excluding hydrogens is 251 g/mol. The van der Waals surface area contributed by atoms with Gasteiger partial charge in [0.2, 0.25) is 0 Å². The highest BCUT2D eigenvalue weighted by Gasteiger charge is 2.31. The van der Waals surface area contributed by atoms with E-state index in [1.54, 1.807) is 0 Å². The van der Waals surface area contributed by atoms with Crippen molar-refractivity contribution >= 4 is 17.3 Å². The van der Waals surface area contributed by atoms with Crippen molar-refractivity contribution in [2.24, 2.45) is 5.92 Å². The first kappa shape index (κ1) is 12.6. The Hall–Kier alpha value is -0.900. The summed E-state index contributed by atoms with van der Waals surface area (Å²) in [7, 11) is 0. The van der Waals surface area contributed by atoms with Gasteiger partial charge < -0.3 is 5.32 Å². The van der Waals surface area contributed by atoms with Crippen LogP contribution in [0.2, 0.25) is 5.02 Å². The van der Waals surface area contributed by atoms with Crippen molar-refractivity contribution in [3.8, 4) is 0 Å². The maximum atomic E-state index is 12.5. The summed E-state index contributed by atoms with van der Waals surface area (Å²) in [5, 5.41) is 3.09. The number of anilines is 1. The molecule has 0 amide bonds. The van der Waals surface area contributed by atoms with Gasteiger partial charge in [-0.3, -0.25) is 0 Å². The molecule has 1 aliphatic carbocycles. The van der Waals surface area contributed by atoms with Gasteiger partial charge in [-0.15, -0.1) is 0 Å². The molecule has 5 heteroatoms. The van der Waals surface area contributed by atoms with E-state index >= 15 is 0 Å². The molecule has 1 nitrogen and oxygen atoms in total. The van der Waals surface area contributed by atoms with Crippen LogP contribution in [0.5, 0.6) is 0 Å². The van der Waals surface area contributed by atoms with E-state index < -0.39 is 11.7 Å². The summed E-state index contributed by atoms with van der Waals surface area (Å²) in [5.74, 6) is 0.753. The third-order valence-electron chi connectivity index (χ3n) is 2.80. The smallest absolute Gasteiger partial charge is 0.385 e. The maximum absolute atomic E-state index is 12.5. The Morgan fingerprint density at radius 1 is 1.24 bits per heavy atom. The Morgan fingerprint density at radius 3 is 2.53 bits per heavy atom. The predicted molar refractivity (Wildman–Crippen MR) is 62.3 cm³/mol. The van der Waals surface area contributed by atoms with Crippen molar-refractivity contribution in [2.75, 3.05) is 11.9 Å². The molecule has 1 aromatic rings. The van der Waals surface area contributed by atoms with Crippen LogP contribution in [0.1, 0.15) is 24.8 Å². The lowest BCUT2D eigenvalue weighted by molar-refractivity contribution is -0.137. The fraction of sp³-hybridized carbons (Fsp3) is 0.500. The van der Waals surface area contributed by atoms with Crippen LogP contribution in [-0.4, -0.2) is 6.54 Å². The average molecular weight is 264 g/mol. The first-order valence-electron chi connectivity index (χ1n) is 5.57. The Kier molecular flexibility index (Phi) is 3.52. The molecule has 0 radical (unpaired) electrons. The van der Waals surface area contributed by atoms with E-state index in [-0.39, 0.29) is 5.02 Å². The average Bonchev–Trinajstić information content (AvgIpc) is 2.99. The molecule has 0 heterocycles. The number of hydrogen-bond acceptors (Lipinski definition) is 1. The number of hydrogen-bond donors (Lipinski definition) is 1. The van der Waals surface area contributed by atoms with Gasteiger partial charge in [-0.05, 0) is 30.5 Å². The molecule has 17 heavy (non-hydrogen) atoms. The summed E-state index contributed by atoms with van der Waals surface area (Å²) in [4.78, 5) is 0. The van der Waals surface area contributed by atoms with Gasteiger partial charge in [0.1, 0.15) is 0 Å². The number of benzene rings is 1. The molecule has 1 N–H and O–H groups in total. The van der Waals surface area contributed by atoms with E-state index in [1.807, 2.05) is 0 Å². The van der Waals surface area contributed by atoms with Crippen LogP contribution in [-0.2, 0) is 6.18 Å². The SMILES string of the molecule is FC(F)(F)c1cc(Cl)cc(NCCC2CC2)c1. The lowest BCUT2D eigenvalue weighted by Crippen LogP contribution is -2.07. The van der Waals surface area contributed by atoms with E-state index in [0.29, 0.717) is 12.2 Å². The van der Waals surface area contributed by atoms with Crippen LogP contribution in [0.4, 0.5) is 18.9 Å². The molecule has 0 aliphatic heterocycles.